The van der Waals surface area contributed by atoms with Gasteiger partial charge in [-0.1, -0.05) is 0 Å². The minimum Gasteiger partial charge on any atom is -0.337 e. The fourth-order valence-corrected chi connectivity index (χ4v) is 2.22. The summed E-state index contributed by atoms with van der Waals surface area (Å²) in [7, 11) is 0. The zero-order valence-electron chi connectivity index (χ0n) is 11.3. The van der Waals surface area contributed by atoms with Crippen LogP contribution in [0.2, 0.25) is 0 Å². The molecule has 7 heteroatoms. The molecule has 1 amide bonds. The summed E-state index contributed by atoms with van der Waals surface area (Å²) in [5, 5.41) is 14.0. The molecule has 1 N–H and O–H groups in total. The smallest absolute Gasteiger partial charge is 0.272 e. The van der Waals surface area contributed by atoms with Crippen molar-refractivity contribution in [3.63, 3.8) is 0 Å². The molecule has 1 aliphatic heterocycles. The topological polar surface area (TPSA) is 75.5 Å². The molecule has 0 radical (unpaired) electrons. The van der Waals surface area contributed by atoms with Crippen LogP contribution in [0.3, 0.4) is 0 Å². The predicted octanol–water partition coefficient (Wildman–Crippen LogP) is 1.76. The van der Waals surface area contributed by atoms with E-state index in [2.05, 4.69) is 5.32 Å². The Morgan fingerprint density at radius 2 is 2.10 bits per heavy atom. The van der Waals surface area contributed by atoms with E-state index in [1.807, 2.05) is 0 Å². The SMILES string of the molecule is Cc1cc(C(=O)N2CCCNCC2)ccc1[N+](=O)[O-].Cl. The van der Waals surface area contributed by atoms with Crippen molar-refractivity contribution < 1.29 is 9.72 Å². The van der Waals surface area contributed by atoms with Crippen LogP contribution in [0.1, 0.15) is 22.3 Å². The molecule has 0 aliphatic carbocycles. The van der Waals surface area contributed by atoms with E-state index < -0.39 is 4.92 Å². The van der Waals surface area contributed by atoms with Gasteiger partial charge in [0.15, 0.2) is 0 Å². The third-order valence-electron chi connectivity index (χ3n) is 3.27. The van der Waals surface area contributed by atoms with E-state index in [9.17, 15) is 14.9 Å². The first kappa shape index (κ1) is 16.4. The van der Waals surface area contributed by atoms with Crippen molar-refractivity contribution in [3.8, 4) is 0 Å². The van der Waals surface area contributed by atoms with Gasteiger partial charge in [0.25, 0.3) is 11.6 Å². The fourth-order valence-electron chi connectivity index (χ4n) is 2.22. The molecule has 0 unspecified atom stereocenters. The predicted molar refractivity (Wildman–Crippen MR) is 78.5 cm³/mol. The Kier molecular flexibility index (Phi) is 5.91. The van der Waals surface area contributed by atoms with Gasteiger partial charge >= 0.3 is 0 Å². The second-order valence-corrected chi connectivity index (χ2v) is 4.65. The van der Waals surface area contributed by atoms with Crippen LogP contribution in [0.25, 0.3) is 0 Å². The molecule has 0 atom stereocenters. The van der Waals surface area contributed by atoms with Gasteiger partial charge in [-0.05, 0) is 32.0 Å². The Morgan fingerprint density at radius 1 is 1.35 bits per heavy atom. The van der Waals surface area contributed by atoms with Crippen molar-refractivity contribution in [2.24, 2.45) is 0 Å². The maximum absolute atomic E-state index is 12.3. The molecule has 1 heterocycles. The molecular formula is C13H18ClN3O3. The number of halogens is 1. The fraction of sp³-hybridized carbons (Fsp3) is 0.462. The number of nitrogens with zero attached hydrogens (tertiary/aromatic N) is 2. The number of nitro benzene ring substituents is 1. The van der Waals surface area contributed by atoms with Gasteiger partial charge in [-0.2, -0.15) is 0 Å². The van der Waals surface area contributed by atoms with Crippen molar-refractivity contribution in [3.05, 3.63) is 39.4 Å². The molecular weight excluding hydrogens is 282 g/mol. The van der Waals surface area contributed by atoms with Crippen LogP contribution in [0.5, 0.6) is 0 Å². The van der Waals surface area contributed by atoms with Crippen LogP contribution < -0.4 is 5.32 Å². The maximum atomic E-state index is 12.3. The summed E-state index contributed by atoms with van der Waals surface area (Å²) in [6.07, 6.45) is 0.928. The number of rotatable bonds is 2. The highest BCUT2D eigenvalue weighted by atomic mass is 35.5. The summed E-state index contributed by atoms with van der Waals surface area (Å²) in [6.45, 7) is 4.76. The molecule has 1 aromatic carbocycles. The van der Waals surface area contributed by atoms with Crippen molar-refractivity contribution in [1.29, 1.82) is 0 Å². The average molecular weight is 300 g/mol. The zero-order valence-corrected chi connectivity index (χ0v) is 12.1. The molecule has 2 rings (SSSR count). The third kappa shape index (κ3) is 3.68. The largest absolute Gasteiger partial charge is 0.337 e. The van der Waals surface area contributed by atoms with Crippen LogP contribution >= 0.6 is 12.4 Å². The molecule has 20 heavy (non-hydrogen) atoms. The van der Waals surface area contributed by atoms with Crippen molar-refractivity contribution in [2.45, 2.75) is 13.3 Å². The number of amides is 1. The lowest BCUT2D eigenvalue weighted by molar-refractivity contribution is -0.385. The van der Waals surface area contributed by atoms with E-state index in [0.717, 1.165) is 26.1 Å². The van der Waals surface area contributed by atoms with E-state index in [1.54, 1.807) is 17.9 Å². The van der Waals surface area contributed by atoms with Crippen molar-refractivity contribution in [1.82, 2.24) is 10.2 Å². The van der Waals surface area contributed by atoms with Gasteiger partial charge in [0.05, 0.1) is 4.92 Å². The van der Waals surface area contributed by atoms with Crippen LogP contribution in [-0.2, 0) is 0 Å². The highest BCUT2D eigenvalue weighted by Crippen LogP contribution is 2.19. The lowest BCUT2D eigenvalue weighted by atomic mass is 10.1. The number of nitrogens with one attached hydrogen (secondary N) is 1. The summed E-state index contributed by atoms with van der Waals surface area (Å²) >= 11 is 0. The maximum Gasteiger partial charge on any atom is 0.272 e. The lowest BCUT2D eigenvalue weighted by Crippen LogP contribution is -2.34. The van der Waals surface area contributed by atoms with Gasteiger partial charge in [0, 0.05) is 36.8 Å². The number of carbonyl (C=O) groups excluding carboxylic acids is 1. The highest BCUT2D eigenvalue weighted by molar-refractivity contribution is 5.94. The van der Waals surface area contributed by atoms with E-state index in [-0.39, 0.29) is 24.0 Å². The van der Waals surface area contributed by atoms with Gasteiger partial charge in [0.1, 0.15) is 0 Å². The number of nitro groups is 1. The van der Waals surface area contributed by atoms with E-state index in [0.29, 0.717) is 17.7 Å². The Hall–Kier alpha value is -1.66. The van der Waals surface area contributed by atoms with Gasteiger partial charge in [-0.15, -0.1) is 12.4 Å². The molecule has 1 aromatic rings. The van der Waals surface area contributed by atoms with Crippen LogP contribution in [0.15, 0.2) is 18.2 Å². The van der Waals surface area contributed by atoms with Crippen LogP contribution in [-0.4, -0.2) is 41.9 Å². The number of aryl methyl sites for hydroxylation is 1. The first-order valence-corrected chi connectivity index (χ1v) is 6.34. The summed E-state index contributed by atoms with van der Waals surface area (Å²) in [4.78, 5) is 24.4. The molecule has 0 spiro atoms. The first-order valence-electron chi connectivity index (χ1n) is 6.34. The number of hydrogen-bond donors (Lipinski definition) is 1. The molecule has 1 aliphatic rings. The Labute approximate surface area is 123 Å². The summed E-state index contributed by atoms with van der Waals surface area (Å²) in [5.74, 6) is -0.0540. The molecule has 1 saturated heterocycles. The Balaban J connectivity index is 0.00000200. The molecule has 6 nitrogen and oxygen atoms in total. The minimum absolute atomic E-state index is 0. The average Bonchev–Trinajstić information content (AvgIpc) is 2.66. The minimum atomic E-state index is -0.431. The molecule has 0 bridgehead atoms. The zero-order chi connectivity index (χ0) is 13.8. The van der Waals surface area contributed by atoms with E-state index in [1.165, 1.54) is 12.1 Å². The van der Waals surface area contributed by atoms with Gasteiger partial charge in [-0.3, -0.25) is 14.9 Å². The summed E-state index contributed by atoms with van der Waals surface area (Å²) < 4.78 is 0. The molecule has 110 valence electrons. The Bertz CT molecular complexity index is 500. The number of benzene rings is 1. The number of carbonyl (C=O) groups is 1. The van der Waals surface area contributed by atoms with Gasteiger partial charge < -0.3 is 10.2 Å². The first-order chi connectivity index (χ1) is 9.09. The standard InChI is InChI=1S/C13H17N3O3.ClH/c1-10-9-11(3-4-12(10)16(18)19)13(17)15-7-2-5-14-6-8-15;/h3-4,9,14H,2,5-8H2,1H3;1H. The van der Waals surface area contributed by atoms with Crippen LogP contribution in [0, 0.1) is 17.0 Å². The van der Waals surface area contributed by atoms with Crippen molar-refractivity contribution >= 4 is 24.0 Å². The monoisotopic (exact) mass is 299 g/mol. The van der Waals surface area contributed by atoms with Crippen molar-refractivity contribution in [2.75, 3.05) is 26.2 Å². The van der Waals surface area contributed by atoms with E-state index >= 15 is 0 Å². The quantitative estimate of drug-likeness (QED) is 0.667. The normalized spacial score (nSPS) is 15.2. The second kappa shape index (κ2) is 7.21. The Morgan fingerprint density at radius 3 is 2.75 bits per heavy atom. The summed E-state index contributed by atoms with van der Waals surface area (Å²) in [5.41, 5.74) is 1.09. The third-order valence-corrected chi connectivity index (χ3v) is 3.27. The molecule has 0 saturated carbocycles. The second-order valence-electron chi connectivity index (χ2n) is 4.65. The molecule has 0 aromatic heterocycles. The summed E-state index contributed by atoms with van der Waals surface area (Å²) in [6, 6.07) is 4.53. The molecule has 1 fully saturated rings. The van der Waals surface area contributed by atoms with E-state index in [4.69, 9.17) is 0 Å². The lowest BCUT2D eigenvalue weighted by Gasteiger charge is -2.20. The van der Waals surface area contributed by atoms with Gasteiger partial charge in [-0.25, -0.2) is 0 Å². The highest BCUT2D eigenvalue weighted by Gasteiger charge is 2.19. The van der Waals surface area contributed by atoms with Gasteiger partial charge in [0.2, 0.25) is 0 Å². The van der Waals surface area contributed by atoms with Crippen LogP contribution in [0.4, 0.5) is 5.69 Å². The number of hydrogen-bond acceptors (Lipinski definition) is 4.